The van der Waals surface area contributed by atoms with Crippen LogP contribution in [0.4, 0.5) is 8.78 Å². The third-order valence-corrected chi connectivity index (χ3v) is 3.52. The van der Waals surface area contributed by atoms with Gasteiger partial charge in [0, 0.05) is 5.56 Å². The van der Waals surface area contributed by atoms with Crippen molar-refractivity contribution in [2.75, 3.05) is 0 Å². The van der Waals surface area contributed by atoms with Crippen molar-refractivity contribution < 1.29 is 13.2 Å². The van der Waals surface area contributed by atoms with E-state index in [-0.39, 0.29) is 22.7 Å². The highest BCUT2D eigenvalue weighted by Gasteiger charge is 2.16. The van der Waals surface area contributed by atoms with Gasteiger partial charge in [-0.3, -0.25) is 0 Å². The molecule has 2 aromatic rings. The SMILES string of the molecule is CCC(Br)c1nnc(Cc2cccc(F)c2F)o1. The summed E-state index contributed by atoms with van der Waals surface area (Å²) in [5.74, 6) is -1.03. The van der Waals surface area contributed by atoms with Gasteiger partial charge in [0.15, 0.2) is 11.6 Å². The number of alkyl halides is 1. The zero-order valence-electron chi connectivity index (χ0n) is 9.66. The van der Waals surface area contributed by atoms with E-state index in [0.29, 0.717) is 5.89 Å². The molecule has 6 heteroatoms. The van der Waals surface area contributed by atoms with Crippen LogP contribution >= 0.6 is 15.9 Å². The molecule has 1 aromatic heterocycles. The number of hydrogen-bond donors (Lipinski definition) is 0. The molecule has 1 atom stereocenters. The second-order valence-electron chi connectivity index (χ2n) is 3.80. The van der Waals surface area contributed by atoms with Crippen molar-refractivity contribution in [3.05, 3.63) is 47.2 Å². The Kier molecular flexibility index (Phi) is 4.06. The van der Waals surface area contributed by atoms with Crippen molar-refractivity contribution in [1.29, 1.82) is 0 Å². The molecule has 0 radical (unpaired) electrons. The predicted octanol–water partition coefficient (Wildman–Crippen LogP) is 3.78. The summed E-state index contributed by atoms with van der Waals surface area (Å²) in [5, 5.41) is 7.67. The van der Waals surface area contributed by atoms with Crippen molar-refractivity contribution in [2.24, 2.45) is 0 Å². The molecular weight excluding hydrogens is 306 g/mol. The summed E-state index contributed by atoms with van der Waals surface area (Å²) in [6, 6.07) is 4.02. The lowest BCUT2D eigenvalue weighted by Crippen LogP contribution is -1.95. The minimum Gasteiger partial charge on any atom is -0.424 e. The first-order valence-corrected chi connectivity index (χ1v) is 6.42. The van der Waals surface area contributed by atoms with E-state index in [1.54, 1.807) is 0 Å². The first-order valence-electron chi connectivity index (χ1n) is 5.51. The maximum atomic E-state index is 13.4. The maximum absolute atomic E-state index is 13.4. The van der Waals surface area contributed by atoms with Gasteiger partial charge in [-0.1, -0.05) is 35.0 Å². The molecule has 1 heterocycles. The molecule has 0 saturated heterocycles. The van der Waals surface area contributed by atoms with Gasteiger partial charge in [0.2, 0.25) is 11.8 Å². The fraction of sp³-hybridized carbons (Fsp3) is 0.333. The molecular formula is C12H11BrF2N2O. The normalized spacial score (nSPS) is 12.7. The molecule has 3 nitrogen and oxygen atoms in total. The van der Waals surface area contributed by atoms with Gasteiger partial charge < -0.3 is 4.42 Å². The Balaban J connectivity index is 2.19. The Labute approximate surface area is 111 Å². The Bertz CT molecular complexity index is 545. The average molecular weight is 317 g/mol. The van der Waals surface area contributed by atoms with Crippen LogP contribution in [-0.4, -0.2) is 10.2 Å². The van der Waals surface area contributed by atoms with E-state index in [2.05, 4.69) is 26.1 Å². The van der Waals surface area contributed by atoms with Crippen LogP contribution in [0.5, 0.6) is 0 Å². The molecule has 1 unspecified atom stereocenters. The number of hydrogen-bond acceptors (Lipinski definition) is 3. The molecule has 1 aromatic carbocycles. The second kappa shape index (κ2) is 5.56. The molecule has 0 fully saturated rings. The van der Waals surface area contributed by atoms with Gasteiger partial charge in [0.1, 0.15) is 0 Å². The predicted molar refractivity (Wildman–Crippen MR) is 65.4 cm³/mol. The molecule has 18 heavy (non-hydrogen) atoms. The summed E-state index contributed by atoms with van der Waals surface area (Å²) in [6.45, 7) is 1.97. The fourth-order valence-corrected chi connectivity index (χ4v) is 1.67. The number of aromatic nitrogens is 2. The quantitative estimate of drug-likeness (QED) is 0.806. The summed E-state index contributed by atoms with van der Waals surface area (Å²) in [7, 11) is 0. The molecule has 0 N–H and O–H groups in total. The summed E-state index contributed by atoms with van der Waals surface area (Å²) in [6.07, 6.45) is 0.885. The summed E-state index contributed by atoms with van der Waals surface area (Å²) < 4.78 is 31.8. The van der Waals surface area contributed by atoms with Gasteiger partial charge in [-0.25, -0.2) is 8.78 Å². The highest BCUT2D eigenvalue weighted by molar-refractivity contribution is 9.09. The van der Waals surface area contributed by atoms with E-state index in [1.165, 1.54) is 12.1 Å². The van der Waals surface area contributed by atoms with Crippen molar-refractivity contribution in [3.63, 3.8) is 0 Å². The molecule has 0 spiro atoms. The second-order valence-corrected chi connectivity index (χ2v) is 4.90. The first-order chi connectivity index (χ1) is 8.61. The van der Waals surface area contributed by atoms with Gasteiger partial charge in [-0.2, -0.15) is 0 Å². The van der Waals surface area contributed by atoms with Crippen LogP contribution in [0.15, 0.2) is 22.6 Å². The van der Waals surface area contributed by atoms with E-state index >= 15 is 0 Å². The Hall–Kier alpha value is -1.30. The highest BCUT2D eigenvalue weighted by Crippen LogP contribution is 2.25. The van der Waals surface area contributed by atoms with Gasteiger partial charge in [0.05, 0.1) is 11.2 Å². The summed E-state index contributed by atoms with van der Waals surface area (Å²) >= 11 is 3.38. The largest absolute Gasteiger partial charge is 0.424 e. The van der Waals surface area contributed by atoms with E-state index in [9.17, 15) is 8.78 Å². The van der Waals surface area contributed by atoms with Gasteiger partial charge in [-0.15, -0.1) is 10.2 Å². The van der Waals surface area contributed by atoms with E-state index in [0.717, 1.165) is 12.5 Å². The molecule has 0 bridgehead atoms. The van der Waals surface area contributed by atoms with Crippen molar-refractivity contribution in [3.8, 4) is 0 Å². The van der Waals surface area contributed by atoms with Crippen LogP contribution in [0.2, 0.25) is 0 Å². The van der Waals surface area contributed by atoms with Gasteiger partial charge in [0.25, 0.3) is 0 Å². The number of halogens is 3. The number of rotatable bonds is 4. The monoisotopic (exact) mass is 316 g/mol. The average Bonchev–Trinajstić information content (AvgIpc) is 2.82. The van der Waals surface area contributed by atoms with E-state index < -0.39 is 11.6 Å². The number of nitrogens with zero attached hydrogens (tertiary/aromatic N) is 2. The summed E-state index contributed by atoms with van der Waals surface area (Å²) in [4.78, 5) is -0.0175. The van der Waals surface area contributed by atoms with Crippen LogP contribution in [0.1, 0.15) is 35.5 Å². The molecule has 0 amide bonds. The molecule has 96 valence electrons. The lowest BCUT2D eigenvalue weighted by atomic mass is 10.1. The molecule has 2 rings (SSSR count). The van der Waals surface area contributed by atoms with Crippen molar-refractivity contribution >= 4 is 15.9 Å². The smallest absolute Gasteiger partial charge is 0.230 e. The fourth-order valence-electron chi connectivity index (χ4n) is 1.49. The van der Waals surface area contributed by atoms with Crippen molar-refractivity contribution in [2.45, 2.75) is 24.6 Å². The van der Waals surface area contributed by atoms with Crippen LogP contribution in [0.3, 0.4) is 0 Å². The third-order valence-electron chi connectivity index (χ3n) is 2.48. The zero-order valence-corrected chi connectivity index (χ0v) is 11.2. The zero-order chi connectivity index (χ0) is 13.1. The lowest BCUT2D eigenvalue weighted by Gasteiger charge is -2.01. The Morgan fingerprint density at radius 3 is 2.83 bits per heavy atom. The van der Waals surface area contributed by atoms with Crippen LogP contribution in [-0.2, 0) is 6.42 Å². The van der Waals surface area contributed by atoms with Crippen LogP contribution < -0.4 is 0 Å². The van der Waals surface area contributed by atoms with E-state index in [1.807, 2.05) is 6.92 Å². The van der Waals surface area contributed by atoms with Crippen molar-refractivity contribution in [1.82, 2.24) is 10.2 Å². The van der Waals surface area contributed by atoms with Gasteiger partial charge >= 0.3 is 0 Å². The minimum absolute atomic E-state index is 0.0175. The molecule has 0 aliphatic carbocycles. The lowest BCUT2D eigenvalue weighted by molar-refractivity contribution is 0.447. The topological polar surface area (TPSA) is 38.9 Å². The standard InChI is InChI=1S/C12H11BrF2N2O/c1-2-8(13)12-17-16-10(18-12)6-7-4-3-5-9(14)11(7)15/h3-5,8H,2,6H2,1H3. The van der Waals surface area contributed by atoms with Crippen LogP contribution in [0, 0.1) is 11.6 Å². The Morgan fingerprint density at radius 2 is 2.11 bits per heavy atom. The van der Waals surface area contributed by atoms with Crippen LogP contribution in [0.25, 0.3) is 0 Å². The molecule has 0 aliphatic rings. The first kappa shape index (κ1) is 13.1. The minimum atomic E-state index is -0.876. The Morgan fingerprint density at radius 1 is 1.33 bits per heavy atom. The molecule has 0 aliphatic heterocycles. The maximum Gasteiger partial charge on any atom is 0.230 e. The van der Waals surface area contributed by atoms with E-state index in [4.69, 9.17) is 4.42 Å². The van der Waals surface area contributed by atoms with Gasteiger partial charge in [-0.05, 0) is 12.5 Å². The third kappa shape index (κ3) is 2.75. The molecule has 0 saturated carbocycles. The highest BCUT2D eigenvalue weighted by atomic mass is 79.9. The number of benzene rings is 1. The summed E-state index contributed by atoms with van der Waals surface area (Å²) in [5.41, 5.74) is 0.202.